The SMILES string of the molecule is O=C(c1cccnc1)N1CC[C@@H](c2cc(COc3ccc(Cl)cc3)[nH]n2)C1. The molecule has 1 saturated heterocycles. The number of ether oxygens (including phenoxy) is 1. The maximum atomic E-state index is 12.5. The number of aromatic amines is 1. The highest BCUT2D eigenvalue weighted by Crippen LogP contribution is 2.27. The Hall–Kier alpha value is -2.86. The Morgan fingerprint density at radius 2 is 2.15 bits per heavy atom. The molecule has 1 aliphatic rings. The van der Waals surface area contributed by atoms with E-state index in [2.05, 4.69) is 15.2 Å². The van der Waals surface area contributed by atoms with Crippen LogP contribution in [-0.2, 0) is 6.61 Å². The average molecular weight is 383 g/mol. The van der Waals surface area contributed by atoms with Gasteiger partial charge in [-0.3, -0.25) is 14.9 Å². The normalized spacial score (nSPS) is 16.5. The van der Waals surface area contributed by atoms with Crippen LogP contribution in [0.25, 0.3) is 0 Å². The monoisotopic (exact) mass is 382 g/mol. The van der Waals surface area contributed by atoms with E-state index in [1.54, 1.807) is 36.7 Å². The second kappa shape index (κ2) is 7.80. The minimum absolute atomic E-state index is 0.0208. The molecule has 3 aromatic rings. The summed E-state index contributed by atoms with van der Waals surface area (Å²) in [6, 6.07) is 12.8. The Morgan fingerprint density at radius 1 is 1.30 bits per heavy atom. The summed E-state index contributed by atoms with van der Waals surface area (Å²) >= 11 is 5.87. The van der Waals surface area contributed by atoms with Crippen molar-refractivity contribution in [1.29, 1.82) is 0 Å². The van der Waals surface area contributed by atoms with Gasteiger partial charge in [-0.15, -0.1) is 0 Å². The predicted octanol–water partition coefficient (Wildman–Crippen LogP) is 3.67. The van der Waals surface area contributed by atoms with Crippen LogP contribution in [0.4, 0.5) is 0 Å². The minimum atomic E-state index is 0.0208. The first-order valence-corrected chi connectivity index (χ1v) is 9.19. The molecule has 0 aliphatic carbocycles. The van der Waals surface area contributed by atoms with Crippen LogP contribution in [0.1, 0.15) is 34.1 Å². The average Bonchev–Trinajstić information content (AvgIpc) is 3.37. The number of benzene rings is 1. The molecule has 0 unspecified atom stereocenters. The first-order valence-electron chi connectivity index (χ1n) is 8.81. The number of hydrogen-bond acceptors (Lipinski definition) is 4. The molecule has 3 heterocycles. The van der Waals surface area contributed by atoms with Gasteiger partial charge in [0.05, 0.1) is 17.0 Å². The molecule has 6 nitrogen and oxygen atoms in total. The molecule has 7 heteroatoms. The number of nitrogens with one attached hydrogen (secondary N) is 1. The topological polar surface area (TPSA) is 71.1 Å². The van der Waals surface area contributed by atoms with Crippen LogP contribution in [0.2, 0.25) is 5.02 Å². The van der Waals surface area contributed by atoms with E-state index in [9.17, 15) is 4.79 Å². The smallest absolute Gasteiger partial charge is 0.255 e. The zero-order valence-corrected chi connectivity index (χ0v) is 15.4. The van der Waals surface area contributed by atoms with Crippen LogP contribution in [0.15, 0.2) is 54.9 Å². The van der Waals surface area contributed by atoms with E-state index in [0.717, 1.165) is 30.1 Å². The van der Waals surface area contributed by atoms with Crippen LogP contribution < -0.4 is 4.74 Å². The lowest BCUT2D eigenvalue weighted by Gasteiger charge is -2.15. The van der Waals surface area contributed by atoms with Gasteiger partial charge >= 0.3 is 0 Å². The molecular weight excluding hydrogens is 364 g/mol. The van der Waals surface area contributed by atoms with E-state index in [-0.39, 0.29) is 11.8 Å². The number of carbonyl (C=O) groups excluding carboxylic acids is 1. The quantitative estimate of drug-likeness (QED) is 0.730. The van der Waals surface area contributed by atoms with Gasteiger partial charge in [0.15, 0.2) is 0 Å². The second-order valence-electron chi connectivity index (χ2n) is 6.54. The molecule has 27 heavy (non-hydrogen) atoms. The summed E-state index contributed by atoms with van der Waals surface area (Å²) in [4.78, 5) is 18.4. The third-order valence-corrected chi connectivity index (χ3v) is 4.91. The highest BCUT2D eigenvalue weighted by atomic mass is 35.5. The van der Waals surface area contributed by atoms with Gasteiger partial charge in [0.25, 0.3) is 5.91 Å². The number of likely N-dealkylation sites (tertiary alicyclic amines) is 1. The van der Waals surface area contributed by atoms with Gasteiger partial charge in [-0.2, -0.15) is 5.10 Å². The molecule has 1 aromatic carbocycles. The van der Waals surface area contributed by atoms with Crippen molar-refractivity contribution >= 4 is 17.5 Å². The van der Waals surface area contributed by atoms with Crippen LogP contribution in [0.5, 0.6) is 5.75 Å². The molecule has 1 N–H and O–H groups in total. The van der Waals surface area contributed by atoms with Gasteiger partial charge in [-0.05, 0) is 48.9 Å². The third-order valence-electron chi connectivity index (χ3n) is 4.66. The van der Waals surface area contributed by atoms with Gasteiger partial charge in [0.2, 0.25) is 0 Å². The standard InChI is InChI=1S/C20H19ClN4O2/c21-16-3-5-18(6-4-16)27-13-17-10-19(24-23-17)15-7-9-25(12-15)20(26)14-2-1-8-22-11-14/h1-6,8,10-11,15H,7,9,12-13H2,(H,23,24)/t15-/m1/s1. The van der Waals surface area contributed by atoms with Gasteiger partial charge in [-0.1, -0.05) is 11.6 Å². The number of carbonyl (C=O) groups is 1. The molecule has 1 atom stereocenters. The summed E-state index contributed by atoms with van der Waals surface area (Å²) in [5.41, 5.74) is 2.49. The number of H-pyrrole nitrogens is 1. The maximum Gasteiger partial charge on any atom is 0.255 e. The number of aromatic nitrogens is 3. The Balaban J connectivity index is 1.35. The first kappa shape index (κ1) is 17.5. The summed E-state index contributed by atoms with van der Waals surface area (Å²) in [6.45, 7) is 1.79. The molecule has 1 aliphatic heterocycles. The third kappa shape index (κ3) is 4.11. The number of amides is 1. The Bertz CT molecular complexity index is 911. The Kier molecular flexibility index (Phi) is 5.07. The molecule has 138 valence electrons. The molecule has 2 aromatic heterocycles. The Morgan fingerprint density at radius 3 is 2.93 bits per heavy atom. The molecule has 1 amide bonds. The van der Waals surface area contributed by atoms with Crippen molar-refractivity contribution in [3.05, 3.63) is 76.8 Å². The van der Waals surface area contributed by atoms with Crippen LogP contribution >= 0.6 is 11.6 Å². The molecule has 0 bridgehead atoms. The van der Waals surface area contributed by atoms with Crippen molar-refractivity contribution in [3.8, 4) is 5.75 Å². The lowest BCUT2D eigenvalue weighted by atomic mass is 10.1. The van der Waals surface area contributed by atoms with Crippen molar-refractivity contribution in [2.75, 3.05) is 13.1 Å². The Labute approximate surface area is 162 Å². The van der Waals surface area contributed by atoms with E-state index in [1.165, 1.54) is 0 Å². The summed E-state index contributed by atoms with van der Waals surface area (Å²) in [6.07, 6.45) is 4.17. The van der Waals surface area contributed by atoms with Crippen molar-refractivity contribution in [2.24, 2.45) is 0 Å². The summed E-state index contributed by atoms with van der Waals surface area (Å²) in [5.74, 6) is 1.00. The number of halogens is 1. The van der Waals surface area contributed by atoms with Crippen LogP contribution in [0, 0.1) is 0 Å². The molecule has 4 rings (SSSR count). The molecule has 0 radical (unpaired) electrons. The maximum absolute atomic E-state index is 12.5. The minimum Gasteiger partial charge on any atom is -0.487 e. The van der Waals surface area contributed by atoms with E-state index >= 15 is 0 Å². The lowest BCUT2D eigenvalue weighted by molar-refractivity contribution is 0.0790. The van der Waals surface area contributed by atoms with Crippen molar-refractivity contribution in [1.82, 2.24) is 20.1 Å². The van der Waals surface area contributed by atoms with Crippen molar-refractivity contribution in [3.63, 3.8) is 0 Å². The highest BCUT2D eigenvalue weighted by molar-refractivity contribution is 6.30. The van der Waals surface area contributed by atoms with E-state index in [4.69, 9.17) is 16.3 Å². The van der Waals surface area contributed by atoms with Crippen molar-refractivity contribution in [2.45, 2.75) is 18.9 Å². The fourth-order valence-corrected chi connectivity index (χ4v) is 3.34. The summed E-state index contributed by atoms with van der Waals surface area (Å²) in [5, 5.41) is 8.12. The fourth-order valence-electron chi connectivity index (χ4n) is 3.21. The molecular formula is C20H19ClN4O2. The van der Waals surface area contributed by atoms with Gasteiger partial charge < -0.3 is 9.64 Å². The first-order chi connectivity index (χ1) is 13.2. The van der Waals surface area contributed by atoms with Gasteiger partial charge in [0.1, 0.15) is 12.4 Å². The molecule has 1 fully saturated rings. The zero-order valence-electron chi connectivity index (χ0n) is 14.6. The zero-order chi connectivity index (χ0) is 18.6. The second-order valence-corrected chi connectivity index (χ2v) is 6.98. The van der Waals surface area contributed by atoms with E-state index in [1.807, 2.05) is 23.1 Å². The van der Waals surface area contributed by atoms with E-state index in [0.29, 0.717) is 23.7 Å². The van der Waals surface area contributed by atoms with Crippen LogP contribution in [-0.4, -0.2) is 39.1 Å². The predicted molar refractivity (Wildman–Crippen MR) is 102 cm³/mol. The van der Waals surface area contributed by atoms with Gasteiger partial charge in [-0.25, -0.2) is 0 Å². The molecule has 0 spiro atoms. The summed E-state index contributed by atoms with van der Waals surface area (Å²) < 4.78 is 5.74. The number of rotatable bonds is 5. The van der Waals surface area contributed by atoms with Gasteiger partial charge in [0, 0.05) is 36.4 Å². The fraction of sp³-hybridized carbons (Fsp3) is 0.250. The van der Waals surface area contributed by atoms with Crippen molar-refractivity contribution < 1.29 is 9.53 Å². The highest BCUT2D eigenvalue weighted by Gasteiger charge is 2.29. The summed E-state index contributed by atoms with van der Waals surface area (Å²) in [7, 11) is 0. The number of pyridine rings is 1. The van der Waals surface area contributed by atoms with E-state index < -0.39 is 0 Å². The lowest BCUT2D eigenvalue weighted by Crippen LogP contribution is -2.28. The largest absolute Gasteiger partial charge is 0.487 e. The number of nitrogens with zero attached hydrogens (tertiary/aromatic N) is 3. The molecule has 0 saturated carbocycles. The number of hydrogen-bond donors (Lipinski definition) is 1. The van der Waals surface area contributed by atoms with Crippen LogP contribution in [0.3, 0.4) is 0 Å².